The second-order valence-electron chi connectivity index (χ2n) is 6.72. The molecule has 10 heteroatoms. The molecule has 0 fully saturated rings. The van der Waals surface area contributed by atoms with E-state index in [1.54, 1.807) is 38.1 Å². The number of fused-ring (bicyclic) bond motifs is 1. The summed E-state index contributed by atoms with van der Waals surface area (Å²) in [5.74, 6) is -1.64. The smallest absolute Gasteiger partial charge is 0.351 e. The molecule has 0 radical (unpaired) electrons. The van der Waals surface area contributed by atoms with Crippen molar-refractivity contribution in [3.05, 3.63) is 70.6 Å². The van der Waals surface area contributed by atoms with Crippen LogP contribution in [0.1, 0.15) is 24.2 Å². The minimum atomic E-state index is -3.61. The van der Waals surface area contributed by atoms with Gasteiger partial charge >= 0.3 is 11.6 Å². The van der Waals surface area contributed by atoms with Gasteiger partial charge in [-0.05, 0) is 36.4 Å². The van der Waals surface area contributed by atoms with Crippen LogP contribution in [0.2, 0.25) is 0 Å². The Kier molecular flexibility index (Phi) is 7.06. The number of nitrogens with zero attached hydrogens (tertiary/aromatic N) is 1. The fourth-order valence-corrected chi connectivity index (χ4v) is 4.49. The zero-order chi connectivity index (χ0) is 23.3. The minimum absolute atomic E-state index is 0.105. The fraction of sp³-hybridized carbons (Fsp3) is 0.227. The SMILES string of the molecule is CCN(CC)S(=O)(=O)c1ccc(NC(=O)COC(=O)c2cc3ccccc3oc2=O)cc1. The molecule has 0 aliphatic rings. The number of benzene rings is 2. The van der Waals surface area contributed by atoms with Crippen molar-refractivity contribution < 1.29 is 27.2 Å². The third kappa shape index (κ3) is 5.04. The molecule has 0 spiro atoms. The summed E-state index contributed by atoms with van der Waals surface area (Å²) in [6, 6.07) is 13.7. The van der Waals surface area contributed by atoms with Gasteiger partial charge in [-0.25, -0.2) is 18.0 Å². The van der Waals surface area contributed by atoms with Gasteiger partial charge in [0.15, 0.2) is 6.61 Å². The minimum Gasteiger partial charge on any atom is -0.452 e. The lowest BCUT2D eigenvalue weighted by Gasteiger charge is -2.18. The Morgan fingerprint density at radius 1 is 1.03 bits per heavy atom. The van der Waals surface area contributed by atoms with Gasteiger partial charge in [-0.15, -0.1) is 0 Å². The highest BCUT2D eigenvalue weighted by Gasteiger charge is 2.21. The number of sulfonamides is 1. The molecule has 0 unspecified atom stereocenters. The number of carbonyl (C=O) groups is 2. The van der Waals surface area contributed by atoms with Gasteiger partial charge in [0.05, 0.1) is 4.90 Å². The lowest BCUT2D eigenvalue weighted by Crippen LogP contribution is -2.30. The lowest BCUT2D eigenvalue weighted by atomic mass is 10.2. The Morgan fingerprint density at radius 2 is 1.69 bits per heavy atom. The summed E-state index contributed by atoms with van der Waals surface area (Å²) in [5.41, 5.74) is -0.519. The van der Waals surface area contributed by atoms with Crippen molar-refractivity contribution in [2.75, 3.05) is 25.0 Å². The van der Waals surface area contributed by atoms with Crippen molar-refractivity contribution in [2.45, 2.75) is 18.7 Å². The predicted molar refractivity (Wildman–Crippen MR) is 118 cm³/mol. The molecule has 1 heterocycles. The van der Waals surface area contributed by atoms with Crippen LogP contribution in [0, 0.1) is 0 Å². The number of hydrogen-bond acceptors (Lipinski definition) is 7. The van der Waals surface area contributed by atoms with Crippen LogP contribution in [0.25, 0.3) is 11.0 Å². The van der Waals surface area contributed by atoms with E-state index in [0.29, 0.717) is 29.7 Å². The highest BCUT2D eigenvalue weighted by atomic mass is 32.2. The van der Waals surface area contributed by atoms with E-state index in [1.807, 2.05) is 0 Å². The molecule has 2 aromatic carbocycles. The Morgan fingerprint density at radius 3 is 2.34 bits per heavy atom. The molecule has 0 saturated carbocycles. The van der Waals surface area contributed by atoms with Crippen LogP contribution in [0.15, 0.2) is 68.7 Å². The summed E-state index contributed by atoms with van der Waals surface area (Å²) in [5, 5.41) is 3.05. The molecular formula is C22H22N2O7S. The first-order chi connectivity index (χ1) is 15.3. The summed E-state index contributed by atoms with van der Waals surface area (Å²) in [4.78, 5) is 36.4. The van der Waals surface area contributed by atoms with E-state index in [2.05, 4.69) is 5.32 Å². The summed E-state index contributed by atoms with van der Waals surface area (Å²) < 4.78 is 36.3. The van der Waals surface area contributed by atoms with Gasteiger partial charge in [0.2, 0.25) is 10.0 Å². The monoisotopic (exact) mass is 458 g/mol. The van der Waals surface area contributed by atoms with Gasteiger partial charge in [-0.2, -0.15) is 4.31 Å². The molecule has 168 valence electrons. The number of hydrogen-bond donors (Lipinski definition) is 1. The summed E-state index contributed by atoms with van der Waals surface area (Å²) in [6.45, 7) is 3.55. The maximum Gasteiger partial charge on any atom is 0.351 e. The summed E-state index contributed by atoms with van der Waals surface area (Å²) in [7, 11) is -3.61. The third-order valence-electron chi connectivity index (χ3n) is 4.68. The number of rotatable bonds is 8. The second kappa shape index (κ2) is 9.75. The Balaban J connectivity index is 1.62. The van der Waals surface area contributed by atoms with Crippen molar-refractivity contribution in [2.24, 2.45) is 0 Å². The number of nitrogens with one attached hydrogen (secondary N) is 1. The van der Waals surface area contributed by atoms with E-state index in [9.17, 15) is 22.8 Å². The average molecular weight is 458 g/mol. The van der Waals surface area contributed by atoms with Crippen molar-refractivity contribution in [1.82, 2.24) is 4.31 Å². The molecule has 1 N–H and O–H groups in total. The second-order valence-corrected chi connectivity index (χ2v) is 8.66. The van der Waals surface area contributed by atoms with E-state index in [0.717, 1.165) is 0 Å². The molecule has 32 heavy (non-hydrogen) atoms. The zero-order valence-electron chi connectivity index (χ0n) is 17.5. The van der Waals surface area contributed by atoms with Crippen molar-refractivity contribution in [1.29, 1.82) is 0 Å². The van der Waals surface area contributed by atoms with E-state index in [4.69, 9.17) is 9.15 Å². The summed E-state index contributed by atoms with van der Waals surface area (Å²) in [6.07, 6.45) is 0. The highest BCUT2D eigenvalue weighted by Crippen LogP contribution is 2.18. The number of amides is 1. The number of ether oxygens (including phenoxy) is 1. The Bertz CT molecular complexity index is 1290. The van der Waals surface area contributed by atoms with Crippen molar-refractivity contribution in [3.63, 3.8) is 0 Å². The normalized spacial score (nSPS) is 11.5. The quantitative estimate of drug-likeness (QED) is 0.407. The molecule has 0 atom stereocenters. The predicted octanol–water partition coefficient (Wildman–Crippen LogP) is 2.62. The van der Waals surface area contributed by atoms with Gasteiger partial charge in [0.1, 0.15) is 11.1 Å². The van der Waals surface area contributed by atoms with Crippen molar-refractivity contribution >= 4 is 38.6 Å². The summed E-state index contributed by atoms with van der Waals surface area (Å²) >= 11 is 0. The first-order valence-corrected chi connectivity index (χ1v) is 11.3. The fourth-order valence-electron chi connectivity index (χ4n) is 3.03. The maximum atomic E-state index is 12.5. The molecule has 0 aliphatic carbocycles. The molecule has 9 nitrogen and oxygen atoms in total. The van der Waals surface area contributed by atoms with E-state index in [1.165, 1.54) is 34.6 Å². The van der Waals surface area contributed by atoms with Gasteiger partial charge in [0, 0.05) is 24.2 Å². The van der Waals surface area contributed by atoms with E-state index >= 15 is 0 Å². The van der Waals surface area contributed by atoms with Crippen LogP contribution in [0.3, 0.4) is 0 Å². The topological polar surface area (TPSA) is 123 Å². The Hall–Kier alpha value is -3.50. The first kappa shape index (κ1) is 23.2. The van der Waals surface area contributed by atoms with Crippen LogP contribution in [-0.2, 0) is 19.6 Å². The lowest BCUT2D eigenvalue weighted by molar-refractivity contribution is -0.119. The number of anilines is 1. The molecule has 1 amide bonds. The van der Waals surface area contributed by atoms with Crippen LogP contribution in [0.5, 0.6) is 0 Å². The molecule has 1 aromatic heterocycles. The Labute approximate surface area is 184 Å². The number of carbonyl (C=O) groups excluding carboxylic acids is 2. The molecule has 0 bridgehead atoms. The van der Waals surface area contributed by atoms with Crippen molar-refractivity contribution in [3.8, 4) is 0 Å². The molecule has 0 aliphatic heterocycles. The largest absolute Gasteiger partial charge is 0.452 e. The van der Waals surface area contributed by atoms with Crippen LogP contribution in [-0.4, -0.2) is 44.3 Å². The molecule has 3 aromatic rings. The highest BCUT2D eigenvalue weighted by molar-refractivity contribution is 7.89. The standard InChI is InChI=1S/C22H22N2O7S/c1-3-24(4-2)32(28,29)17-11-9-16(10-12-17)23-20(25)14-30-21(26)18-13-15-7-5-6-8-19(15)31-22(18)27/h5-13H,3-4,14H2,1-2H3,(H,23,25). The van der Waals surface area contributed by atoms with E-state index in [-0.39, 0.29) is 10.5 Å². The molecule has 3 rings (SSSR count). The van der Waals surface area contributed by atoms with Crippen LogP contribution >= 0.6 is 0 Å². The zero-order valence-corrected chi connectivity index (χ0v) is 18.3. The van der Waals surface area contributed by atoms with Gasteiger partial charge in [-0.1, -0.05) is 32.0 Å². The van der Waals surface area contributed by atoms with E-state index < -0.39 is 34.1 Å². The molecular weight excluding hydrogens is 436 g/mol. The number of para-hydroxylation sites is 1. The first-order valence-electron chi connectivity index (χ1n) is 9.86. The molecule has 0 saturated heterocycles. The third-order valence-corrected chi connectivity index (χ3v) is 6.74. The van der Waals surface area contributed by atoms with Crippen LogP contribution < -0.4 is 10.9 Å². The van der Waals surface area contributed by atoms with Gasteiger partial charge < -0.3 is 14.5 Å². The number of esters is 1. The van der Waals surface area contributed by atoms with Crippen LogP contribution in [0.4, 0.5) is 5.69 Å². The average Bonchev–Trinajstić information content (AvgIpc) is 2.78. The van der Waals surface area contributed by atoms with Gasteiger partial charge in [0.25, 0.3) is 5.91 Å². The van der Waals surface area contributed by atoms with Gasteiger partial charge in [-0.3, -0.25) is 4.79 Å². The maximum absolute atomic E-state index is 12.5.